The summed E-state index contributed by atoms with van der Waals surface area (Å²) in [4.78, 5) is 12.4. The van der Waals surface area contributed by atoms with Gasteiger partial charge >= 0.3 is 0 Å². The third-order valence-corrected chi connectivity index (χ3v) is 6.23. The second kappa shape index (κ2) is 11.8. The molecular formula is C18H34O4S. The van der Waals surface area contributed by atoms with Gasteiger partial charge in [0.25, 0.3) is 10.1 Å². The van der Waals surface area contributed by atoms with E-state index >= 15 is 0 Å². The van der Waals surface area contributed by atoms with Gasteiger partial charge in [-0.2, -0.15) is 8.42 Å². The number of allylic oxidation sites excluding steroid dienone is 1. The average Bonchev–Trinajstić information content (AvgIpc) is 2.49. The molecule has 0 aliphatic heterocycles. The van der Waals surface area contributed by atoms with E-state index in [-0.39, 0.29) is 25.0 Å². The van der Waals surface area contributed by atoms with Crippen molar-refractivity contribution in [2.24, 2.45) is 0 Å². The highest BCUT2D eigenvalue weighted by molar-refractivity contribution is 7.88. The number of carbonyl (C=O) groups is 1. The molecule has 0 saturated carbocycles. The molecule has 0 aliphatic rings. The molecule has 1 unspecified atom stereocenters. The summed E-state index contributed by atoms with van der Waals surface area (Å²) >= 11 is 0. The van der Waals surface area contributed by atoms with Crippen molar-refractivity contribution in [3.05, 3.63) is 12.7 Å². The van der Waals surface area contributed by atoms with Crippen LogP contribution in [0.15, 0.2) is 12.7 Å². The minimum Gasteiger partial charge on any atom is -0.298 e. The summed E-state index contributed by atoms with van der Waals surface area (Å²) in [5.41, 5.74) is 0. The molecule has 0 aromatic carbocycles. The highest BCUT2D eigenvalue weighted by Gasteiger charge is 2.46. The van der Waals surface area contributed by atoms with Gasteiger partial charge in [0.2, 0.25) is 0 Å². The molecule has 23 heavy (non-hydrogen) atoms. The maximum atomic E-state index is 12.4. The fraction of sp³-hybridized carbons (Fsp3) is 0.833. The number of unbranched alkanes of at least 4 members (excludes halogenated alkanes) is 8. The Balaban J connectivity index is 4.18. The van der Waals surface area contributed by atoms with E-state index in [9.17, 15) is 17.8 Å². The average molecular weight is 347 g/mol. The van der Waals surface area contributed by atoms with Crippen LogP contribution in [-0.2, 0) is 14.9 Å². The second-order valence-electron chi connectivity index (χ2n) is 6.32. The van der Waals surface area contributed by atoms with Crippen LogP contribution in [0.4, 0.5) is 0 Å². The zero-order valence-corrected chi connectivity index (χ0v) is 15.7. The lowest BCUT2D eigenvalue weighted by Crippen LogP contribution is -2.45. The lowest BCUT2D eigenvalue weighted by molar-refractivity contribution is -0.121. The predicted octanol–water partition coefficient (Wildman–Crippen LogP) is 5.09. The van der Waals surface area contributed by atoms with E-state index in [2.05, 4.69) is 13.5 Å². The van der Waals surface area contributed by atoms with E-state index < -0.39 is 14.9 Å². The summed E-state index contributed by atoms with van der Waals surface area (Å²) in [5.74, 6) is -0.384. The molecule has 0 rings (SSSR count). The standard InChI is InChI=1S/C18H34O4S/c1-4-7-8-9-10-11-12-13-14-15-17(19)18(6-3,16-5-2)23(20,21)22/h5H,2,4,6-16H2,1,3H3,(H,20,21,22). The van der Waals surface area contributed by atoms with Gasteiger partial charge in [-0.3, -0.25) is 9.35 Å². The molecule has 0 saturated heterocycles. The van der Waals surface area contributed by atoms with E-state index in [1.54, 1.807) is 6.92 Å². The van der Waals surface area contributed by atoms with Crippen LogP contribution in [0.3, 0.4) is 0 Å². The summed E-state index contributed by atoms with van der Waals surface area (Å²) in [5, 5.41) is 0. The van der Waals surface area contributed by atoms with Crippen molar-refractivity contribution in [3.8, 4) is 0 Å². The molecular weight excluding hydrogens is 312 g/mol. The molecule has 0 heterocycles. The molecule has 0 radical (unpaired) electrons. The van der Waals surface area contributed by atoms with Crippen molar-refractivity contribution in [1.29, 1.82) is 0 Å². The highest BCUT2D eigenvalue weighted by Crippen LogP contribution is 2.29. The van der Waals surface area contributed by atoms with Gasteiger partial charge < -0.3 is 0 Å². The first-order chi connectivity index (χ1) is 10.9. The van der Waals surface area contributed by atoms with Crippen molar-refractivity contribution in [2.75, 3.05) is 0 Å². The Kier molecular flexibility index (Phi) is 11.4. The quantitative estimate of drug-likeness (QED) is 0.255. The van der Waals surface area contributed by atoms with Gasteiger partial charge in [0.05, 0.1) is 0 Å². The summed E-state index contributed by atoms with van der Waals surface area (Å²) in [6, 6.07) is 0. The lowest BCUT2D eigenvalue weighted by Gasteiger charge is -2.26. The minimum atomic E-state index is -4.42. The molecule has 0 aromatic rings. The van der Waals surface area contributed by atoms with Crippen LogP contribution < -0.4 is 0 Å². The summed E-state index contributed by atoms with van der Waals surface area (Å²) < 4.78 is 31.1. The molecule has 1 atom stereocenters. The van der Waals surface area contributed by atoms with Crippen molar-refractivity contribution >= 4 is 15.9 Å². The maximum absolute atomic E-state index is 12.4. The Morgan fingerprint density at radius 2 is 1.48 bits per heavy atom. The van der Waals surface area contributed by atoms with E-state index in [1.165, 1.54) is 44.6 Å². The van der Waals surface area contributed by atoms with Gasteiger partial charge in [-0.05, 0) is 19.3 Å². The Labute approximate surface area is 142 Å². The Bertz CT molecular complexity index is 442. The zero-order chi connectivity index (χ0) is 17.8. The monoisotopic (exact) mass is 346 g/mol. The van der Waals surface area contributed by atoms with Crippen molar-refractivity contribution < 1.29 is 17.8 Å². The van der Waals surface area contributed by atoms with Gasteiger partial charge in [0, 0.05) is 6.42 Å². The molecule has 0 aromatic heterocycles. The number of rotatable bonds is 15. The fourth-order valence-corrected chi connectivity index (χ4v) is 4.03. The first-order valence-electron chi connectivity index (χ1n) is 8.97. The van der Waals surface area contributed by atoms with Crippen LogP contribution in [0.5, 0.6) is 0 Å². The van der Waals surface area contributed by atoms with Crippen molar-refractivity contribution in [3.63, 3.8) is 0 Å². The summed E-state index contributed by atoms with van der Waals surface area (Å²) in [7, 11) is -4.42. The third-order valence-electron chi connectivity index (χ3n) is 4.55. The predicted molar refractivity (Wildman–Crippen MR) is 96.2 cm³/mol. The molecule has 0 aliphatic carbocycles. The normalized spacial score (nSPS) is 14.4. The molecule has 0 fully saturated rings. The van der Waals surface area contributed by atoms with E-state index in [0.717, 1.165) is 12.8 Å². The first kappa shape index (κ1) is 22.3. The number of ketones is 1. The maximum Gasteiger partial charge on any atom is 0.278 e. The fourth-order valence-electron chi connectivity index (χ4n) is 2.94. The molecule has 1 N–H and O–H groups in total. The molecule has 0 amide bonds. The van der Waals surface area contributed by atoms with Crippen LogP contribution >= 0.6 is 0 Å². The van der Waals surface area contributed by atoms with Gasteiger partial charge in [-0.25, -0.2) is 0 Å². The van der Waals surface area contributed by atoms with E-state index in [1.807, 2.05) is 0 Å². The number of carbonyl (C=O) groups excluding carboxylic acids is 1. The molecule has 0 bridgehead atoms. The van der Waals surface area contributed by atoms with Crippen LogP contribution in [0, 0.1) is 0 Å². The smallest absolute Gasteiger partial charge is 0.278 e. The highest BCUT2D eigenvalue weighted by atomic mass is 32.2. The SMILES string of the molecule is C=CCC(CC)(C(=O)CCCCCCCCCCC)S(=O)(=O)O. The van der Waals surface area contributed by atoms with Crippen LogP contribution in [0.1, 0.15) is 90.9 Å². The number of hydrogen-bond donors (Lipinski definition) is 1. The van der Waals surface area contributed by atoms with Crippen molar-refractivity contribution in [2.45, 2.75) is 95.6 Å². The Morgan fingerprint density at radius 3 is 1.87 bits per heavy atom. The number of Topliss-reactive ketones (excluding diaryl/α,β-unsaturated/α-hetero) is 1. The molecule has 136 valence electrons. The van der Waals surface area contributed by atoms with Crippen LogP contribution in [-0.4, -0.2) is 23.5 Å². The van der Waals surface area contributed by atoms with Gasteiger partial charge in [0.15, 0.2) is 10.5 Å². The van der Waals surface area contributed by atoms with Gasteiger partial charge in [-0.15, -0.1) is 6.58 Å². The third kappa shape index (κ3) is 7.62. The molecule has 0 spiro atoms. The Hall–Kier alpha value is -0.680. The number of hydrogen-bond acceptors (Lipinski definition) is 3. The van der Waals surface area contributed by atoms with Crippen LogP contribution in [0.25, 0.3) is 0 Å². The topological polar surface area (TPSA) is 71.4 Å². The van der Waals surface area contributed by atoms with Crippen molar-refractivity contribution in [1.82, 2.24) is 0 Å². The minimum absolute atomic E-state index is 0.0292. The summed E-state index contributed by atoms with van der Waals surface area (Å²) in [6.07, 6.45) is 11.8. The van der Waals surface area contributed by atoms with Gasteiger partial charge in [-0.1, -0.05) is 71.3 Å². The lowest BCUT2D eigenvalue weighted by atomic mass is 9.92. The van der Waals surface area contributed by atoms with Gasteiger partial charge in [0.1, 0.15) is 0 Å². The van der Waals surface area contributed by atoms with E-state index in [0.29, 0.717) is 6.42 Å². The first-order valence-corrected chi connectivity index (χ1v) is 10.4. The summed E-state index contributed by atoms with van der Waals surface area (Å²) in [6.45, 7) is 7.33. The van der Waals surface area contributed by atoms with Crippen LogP contribution in [0.2, 0.25) is 0 Å². The van der Waals surface area contributed by atoms with E-state index in [4.69, 9.17) is 0 Å². The zero-order valence-electron chi connectivity index (χ0n) is 14.8. The molecule has 5 heteroatoms. The molecule has 4 nitrogen and oxygen atoms in total. The second-order valence-corrected chi connectivity index (χ2v) is 8.05. The Morgan fingerprint density at radius 1 is 1.00 bits per heavy atom. The largest absolute Gasteiger partial charge is 0.298 e.